The molecule has 1 atom stereocenters. The number of rotatable bonds is 11. The number of nitrogens with zero attached hydrogens (tertiary/aromatic N) is 3. The number of aromatic nitrogens is 2. The molecule has 1 N–H and O–H groups in total. The molecule has 1 aliphatic rings. The lowest BCUT2D eigenvalue weighted by molar-refractivity contribution is -0.135. The zero-order valence-corrected chi connectivity index (χ0v) is 19.8. The van der Waals surface area contributed by atoms with Crippen LogP contribution in [-0.2, 0) is 22.6 Å². The van der Waals surface area contributed by atoms with E-state index in [1.807, 2.05) is 11.8 Å². The van der Waals surface area contributed by atoms with Crippen LogP contribution >= 0.6 is 0 Å². The summed E-state index contributed by atoms with van der Waals surface area (Å²) in [5.74, 6) is 0.753. The topological polar surface area (TPSA) is 67.2 Å². The number of hydrogen-bond acceptors (Lipinski definition) is 3. The van der Waals surface area contributed by atoms with Gasteiger partial charge in [0.15, 0.2) is 0 Å². The van der Waals surface area contributed by atoms with Gasteiger partial charge in [0.2, 0.25) is 11.8 Å². The fraction of sp³-hybridized carbons (Fsp3) is 0.792. The summed E-state index contributed by atoms with van der Waals surface area (Å²) in [7, 11) is 0. The molecule has 1 aliphatic heterocycles. The van der Waals surface area contributed by atoms with Gasteiger partial charge in [0, 0.05) is 38.3 Å². The van der Waals surface area contributed by atoms with Gasteiger partial charge in [-0.15, -0.1) is 0 Å². The molecule has 0 saturated carbocycles. The first-order chi connectivity index (χ1) is 14.3. The Balaban J connectivity index is 1.83. The van der Waals surface area contributed by atoms with Crippen LogP contribution in [0.2, 0.25) is 0 Å². The van der Waals surface area contributed by atoms with Crippen LogP contribution in [0.25, 0.3) is 0 Å². The Labute approximate surface area is 182 Å². The van der Waals surface area contributed by atoms with Gasteiger partial charge in [-0.1, -0.05) is 40.0 Å². The van der Waals surface area contributed by atoms with Crippen LogP contribution < -0.4 is 5.32 Å². The van der Waals surface area contributed by atoms with Crippen molar-refractivity contribution in [3.8, 4) is 0 Å². The second-order valence-corrected chi connectivity index (χ2v) is 9.26. The van der Waals surface area contributed by atoms with Crippen molar-refractivity contribution in [2.24, 2.45) is 11.8 Å². The standard InChI is InChI=1S/C24H42N4O2/c1-6-7-8-9-14-25-24(30)21-11-10-15-27(17-21)23(29)13-12-22-19(4)26-28(20(22)5)16-18(2)3/h18,21H,6-17H2,1-5H3,(H,25,30). The average Bonchev–Trinajstić information content (AvgIpc) is 2.98. The van der Waals surface area contributed by atoms with Gasteiger partial charge in [0.05, 0.1) is 11.6 Å². The minimum Gasteiger partial charge on any atom is -0.356 e. The number of carbonyl (C=O) groups is 2. The first kappa shape index (κ1) is 24.4. The number of nitrogens with one attached hydrogen (secondary N) is 1. The van der Waals surface area contributed by atoms with Gasteiger partial charge >= 0.3 is 0 Å². The molecule has 6 heteroatoms. The smallest absolute Gasteiger partial charge is 0.224 e. The molecule has 0 aliphatic carbocycles. The van der Waals surface area contributed by atoms with E-state index in [1.54, 1.807) is 0 Å². The molecule has 2 heterocycles. The fourth-order valence-corrected chi connectivity index (χ4v) is 4.33. The predicted molar refractivity (Wildman–Crippen MR) is 121 cm³/mol. The maximum atomic E-state index is 12.8. The maximum absolute atomic E-state index is 12.8. The van der Waals surface area contributed by atoms with Crippen LogP contribution in [0, 0.1) is 25.7 Å². The lowest BCUT2D eigenvalue weighted by atomic mass is 9.96. The Morgan fingerprint density at radius 2 is 1.97 bits per heavy atom. The lowest BCUT2D eigenvalue weighted by Gasteiger charge is -2.32. The molecule has 30 heavy (non-hydrogen) atoms. The zero-order chi connectivity index (χ0) is 22.1. The van der Waals surface area contributed by atoms with Gasteiger partial charge in [-0.3, -0.25) is 14.3 Å². The van der Waals surface area contributed by atoms with Crippen molar-refractivity contribution in [1.82, 2.24) is 20.0 Å². The van der Waals surface area contributed by atoms with Crippen LogP contribution in [-0.4, -0.2) is 46.1 Å². The van der Waals surface area contributed by atoms with E-state index in [0.717, 1.165) is 51.0 Å². The molecular formula is C24H42N4O2. The van der Waals surface area contributed by atoms with E-state index >= 15 is 0 Å². The Kier molecular flexibility index (Phi) is 9.86. The maximum Gasteiger partial charge on any atom is 0.224 e. The van der Waals surface area contributed by atoms with Gasteiger partial charge < -0.3 is 10.2 Å². The van der Waals surface area contributed by atoms with E-state index in [9.17, 15) is 9.59 Å². The van der Waals surface area contributed by atoms with E-state index in [2.05, 4.69) is 42.8 Å². The monoisotopic (exact) mass is 418 g/mol. The second-order valence-electron chi connectivity index (χ2n) is 9.26. The number of carbonyl (C=O) groups excluding carboxylic acids is 2. The Bertz CT molecular complexity index is 696. The number of aryl methyl sites for hydroxylation is 1. The quantitative estimate of drug-likeness (QED) is 0.552. The highest BCUT2D eigenvalue weighted by molar-refractivity contribution is 5.81. The number of hydrogen-bond donors (Lipinski definition) is 1. The zero-order valence-electron chi connectivity index (χ0n) is 19.8. The summed E-state index contributed by atoms with van der Waals surface area (Å²) in [5.41, 5.74) is 3.40. The summed E-state index contributed by atoms with van der Waals surface area (Å²) in [6, 6.07) is 0. The Morgan fingerprint density at radius 1 is 1.20 bits per heavy atom. The van der Waals surface area contributed by atoms with Crippen LogP contribution in [0.4, 0.5) is 0 Å². The van der Waals surface area contributed by atoms with E-state index in [0.29, 0.717) is 18.9 Å². The van der Waals surface area contributed by atoms with Gasteiger partial charge in [0.1, 0.15) is 0 Å². The highest BCUT2D eigenvalue weighted by Crippen LogP contribution is 2.20. The van der Waals surface area contributed by atoms with E-state index in [-0.39, 0.29) is 17.7 Å². The van der Waals surface area contributed by atoms with Crippen molar-refractivity contribution in [1.29, 1.82) is 0 Å². The molecule has 6 nitrogen and oxygen atoms in total. The van der Waals surface area contributed by atoms with E-state index in [1.165, 1.54) is 30.5 Å². The molecule has 0 spiro atoms. The highest BCUT2D eigenvalue weighted by atomic mass is 16.2. The van der Waals surface area contributed by atoms with Crippen LogP contribution in [0.15, 0.2) is 0 Å². The van der Waals surface area contributed by atoms with Crippen LogP contribution in [0.3, 0.4) is 0 Å². The SMILES string of the molecule is CCCCCCNC(=O)C1CCCN(C(=O)CCc2c(C)nn(CC(C)C)c2C)C1. The summed E-state index contributed by atoms with van der Waals surface area (Å²) >= 11 is 0. The largest absolute Gasteiger partial charge is 0.356 e. The normalized spacial score (nSPS) is 16.9. The summed E-state index contributed by atoms with van der Waals surface area (Å²) in [6.45, 7) is 13.7. The van der Waals surface area contributed by atoms with Crippen molar-refractivity contribution in [3.05, 3.63) is 17.0 Å². The molecule has 0 bridgehead atoms. The molecule has 1 aromatic heterocycles. The lowest BCUT2D eigenvalue weighted by Crippen LogP contribution is -2.45. The molecule has 0 aromatic carbocycles. The summed E-state index contributed by atoms with van der Waals surface area (Å²) in [4.78, 5) is 27.2. The highest BCUT2D eigenvalue weighted by Gasteiger charge is 2.28. The van der Waals surface area contributed by atoms with Crippen LogP contribution in [0.1, 0.15) is 82.7 Å². The molecule has 1 fully saturated rings. The minimum atomic E-state index is -0.0638. The summed E-state index contributed by atoms with van der Waals surface area (Å²) in [6.07, 6.45) is 7.62. The number of amides is 2. The second kappa shape index (κ2) is 12.1. The molecule has 2 rings (SSSR count). The predicted octanol–water partition coefficient (Wildman–Crippen LogP) is 4.02. The van der Waals surface area contributed by atoms with Crippen molar-refractivity contribution in [3.63, 3.8) is 0 Å². The minimum absolute atomic E-state index is 0.0638. The van der Waals surface area contributed by atoms with Crippen molar-refractivity contribution >= 4 is 11.8 Å². The molecule has 0 radical (unpaired) electrons. The number of likely N-dealkylation sites (tertiary alicyclic amines) is 1. The molecule has 170 valence electrons. The van der Waals surface area contributed by atoms with E-state index < -0.39 is 0 Å². The fourth-order valence-electron chi connectivity index (χ4n) is 4.33. The summed E-state index contributed by atoms with van der Waals surface area (Å²) < 4.78 is 2.07. The number of unbranched alkanes of at least 4 members (excludes halogenated alkanes) is 3. The molecule has 1 aromatic rings. The third-order valence-electron chi connectivity index (χ3n) is 6.13. The first-order valence-corrected chi connectivity index (χ1v) is 11.9. The van der Waals surface area contributed by atoms with Gasteiger partial charge in [-0.25, -0.2) is 0 Å². The number of piperidine rings is 1. The first-order valence-electron chi connectivity index (χ1n) is 11.9. The van der Waals surface area contributed by atoms with Gasteiger partial charge in [0.25, 0.3) is 0 Å². The van der Waals surface area contributed by atoms with Gasteiger partial charge in [-0.05, 0) is 51.0 Å². The van der Waals surface area contributed by atoms with Gasteiger partial charge in [-0.2, -0.15) is 5.10 Å². The average molecular weight is 419 g/mol. The summed E-state index contributed by atoms with van der Waals surface area (Å²) in [5, 5.41) is 7.74. The van der Waals surface area contributed by atoms with Crippen LogP contribution in [0.5, 0.6) is 0 Å². The van der Waals surface area contributed by atoms with Crippen molar-refractivity contribution in [2.45, 2.75) is 92.5 Å². The van der Waals surface area contributed by atoms with E-state index in [4.69, 9.17) is 0 Å². The third-order valence-corrected chi connectivity index (χ3v) is 6.13. The molecule has 2 amide bonds. The van der Waals surface area contributed by atoms with Crippen molar-refractivity contribution < 1.29 is 9.59 Å². The third kappa shape index (κ3) is 7.13. The van der Waals surface area contributed by atoms with Crippen molar-refractivity contribution in [2.75, 3.05) is 19.6 Å². The molecular weight excluding hydrogens is 376 g/mol. The Morgan fingerprint density at radius 3 is 2.67 bits per heavy atom. The molecule has 1 saturated heterocycles. The Hall–Kier alpha value is -1.85. The molecule has 1 unspecified atom stereocenters.